The minimum atomic E-state index is -3.96. The summed E-state index contributed by atoms with van der Waals surface area (Å²) in [7, 11) is -0.713. The van der Waals surface area contributed by atoms with Gasteiger partial charge >= 0.3 is 6.09 Å². The number of pyridine rings is 1. The van der Waals surface area contributed by atoms with Crippen molar-refractivity contribution in [3.8, 4) is 22.6 Å². The van der Waals surface area contributed by atoms with Crippen molar-refractivity contribution in [1.82, 2.24) is 40.2 Å². The summed E-state index contributed by atoms with van der Waals surface area (Å²) in [6.45, 7) is 7.24. The fourth-order valence-electron chi connectivity index (χ4n) is 10.3. The SMILES string of the molecule is CN(C(=O)c1cc(Oc2ccccc2)c(-c2cn(C)c(=O)c3[nH]c(C(=O)NCCNC(=O)OC(C)(C)C)cc23)cc1NS(C)(=O)=O)C1CC(N2CCC(Nc3cccc4c3CN(C3CCC(=O)NC3=O)C4=O)CC2)C1. The van der Waals surface area contributed by atoms with Crippen LogP contribution in [0.15, 0.2) is 77.7 Å². The first-order valence-corrected chi connectivity index (χ1v) is 26.9. The van der Waals surface area contributed by atoms with E-state index in [4.69, 9.17) is 9.47 Å². The number of aryl methyl sites for hydroxylation is 1. The molecule has 396 valence electrons. The zero-order valence-electron chi connectivity index (χ0n) is 42.7. The number of nitrogens with zero attached hydrogens (tertiary/aromatic N) is 4. The lowest BCUT2D eigenvalue weighted by Gasteiger charge is -2.48. The van der Waals surface area contributed by atoms with Gasteiger partial charge in [0.05, 0.1) is 17.5 Å². The first kappa shape index (κ1) is 52.2. The number of para-hydroxylation sites is 1. The Labute approximate surface area is 433 Å². The third kappa shape index (κ3) is 11.5. The summed E-state index contributed by atoms with van der Waals surface area (Å²) in [6.07, 6.45) is 5.47. The van der Waals surface area contributed by atoms with Gasteiger partial charge in [-0.3, -0.25) is 38.8 Å². The van der Waals surface area contributed by atoms with Gasteiger partial charge in [-0.2, -0.15) is 0 Å². The minimum Gasteiger partial charge on any atom is -0.457 e. The van der Waals surface area contributed by atoms with Gasteiger partial charge in [-0.05, 0) is 95.3 Å². The van der Waals surface area contributed by atoms with Gasteiger partial charge in [-0.15, -0.1) is 0 Å². The lowest BCUT2D eigenvalue weighted by Crippen LogP contribution is -2.56. The van der Waals surface area contributed by atoms with E-state index in [9.17, 15) is 42.0 Å². The number of piperidine rings is 2. The Bertz CT molecular complexity index is 3260. The molecular formula is C53H62N10O11S. The van der Waals surface area contributed by atoms with Crippen LogP contribution in [0.1, 0.15) is 96.1 Å². The lowest BCUT2D eigenvalue weighted by atomic mass is 9.83. The molecule has 6 N–H and O–H groups in total. The Hall–Kier alpha value is -7.72. The number of anilines is 2. The fourth-order valence-corrected chi connectivity index (χ4v) is 10.8. The number of rotatable bonds is 15. The van der Waals surface area contributed by atoms with Crippen molar-refractivity contribution in [2.45, 2.75) is 95.6 Å². The molecule has 4 aliphatic rings. The molecule has 0 bridgehead atoms. The highest BCUT2D eigenvalue weighted by Crippen LogP contribution is 2.42. The number of aromatic amines is 1. The van der Waals surface area contributed by atoms with E-state index in [0.29, 0.717) is 47.1 Å². The number of hydrogen-bond acceptors (Lipinski definition) is 13. The number of H-pyrrole nitrogens is 1. The summed E-state index contributed by atoms with van der Waals surface area (Å²) in [6, 6.07) is 18.4. The molecular weight excluding hydrogens is 985 g/mol. The van der Waals surface area contributed by atoms with Gasteiger partial charge in [0.25, 0.3) is 23.3 Å². The van der Waals surface area contributed by atoms with Gasteiger partial charge in [0.2, 0.25) is 21.8 Å². The molecule has 1 atom stereocenters. The highest BCUT2D eigenvalue weighted by Gasteiger charge is 2.42. The maximum Gasteiger partial charge on any atom is 0.407 e. The van der Waals surface area contributed by atoms with Crippen molar-refractivity contribution in [3.05, 3.63) is 106 Å². The molecule has 9 rings (SSSR count). The third-order valence-electron chi connectivity index (χ3n) is 14.1. The van der Waals surface area contributed by atoms with E-state index >= 15 is 0 Å². The summed E-state index contributed by atoms with van der Waals surface area (Å²) >= 11 is 0. The van der Waals surface area contributed by atoms with E-state index in [-0.39, 0.29) is 84.2 Å². The standard InChI is InChI=1S/C53H62N10O11S/c1-53(2,3)74-52(70)55-20-19-54-47(65)42-26-36-38(28-60(4)51(69)46(36)57-42)35-25-41(59-75(6,71)72)37(27-44(35)73-33-11-8-7-9-12-33)49(67)61(5)31-23-32(24-31)62-21-17-30(18-22-62)56-40-14-10-13-34-39(40)29-63(50(34)68)43-15-16-45(64)58-48(43)66/h7-14,25-28,30-32,43,56-57,59H,15-24,29H2,1-6H3,(H,54,65)(H,55,70)(H,58,64,66). The Balaban J connectivity index is 0.902. The van der Waals surface area contributed by atoms with E-state index in [1.165, 1.54) is 22.8 Å². The maximum absolute atomic E-state index is 14.7. The second-order valence-corrected chi connectivity index (χ2v) is 22.4. The summed E-state index contributed by atoms with van der Waals surface area (Å²) in [5.41, 5.74) is 2.00. The number of fused-ring (bicyclic) bond motifs is 2. The zero-order chi connectivity index (χ0) is 53.5. The molecule has 22 heteroatoms. The Kier molecular flexibility index (Phi) is 14.5. The van der Waals surface area contributed by atoms with Gasteiger partial charge < -0.3 is 49.7 Å². The number of carbonyl (C=O) groups excluding carboxylic acids is 6. The van der Waals surface area contributed by atoms with Crippen molar-refractivity contribution in [1.29, 1.82) is 0 Å². The number of nitrogens with one attached hydrogen (secondary N) is 6. The zero-order valence-corrected chi connectivity index (χ0v) is 43.5. The molecule has 75 heavy (non-hydrogen) atoms. The first-order chi connectivity index (χ1) is 35.6. The number of hydrogen-bond donors (Lipinski definition) is 6. The topological polar surface area (TPSA) is 263 Å². The number of likely N-dealkylation sites (tertiary alicyclic amines) is 1. The van der Waals surface area contributed by atoms with E-state index < -0.39 is 51.0 Å². The number of imide groups is 1. The molecule has 5 aromatic rings. The Morgan fingerprint density at radius 3 is 2.28 bits per heavy atom. The third-order valence-corrected chi connectivity index (χ3v) is 14.7. The molecule has 1 aliphatic carbocycles. The van der Waals surface area contributed by atoms with E-state index in [1.54, 1.807) is 81.2 Å². The van der Waals surface area contributed by atoms with Crippen LogP contribution >= 0.6 is 0 Å². The predicted octanol–water partition coefficient (Wildman–Crippen LogP) is 4.89. The summed E-state index contributed by atoms with van der Waals surface area (Å²) < 4.78 is 41.7. The van der Waals surface area contributed by atoms with E-state index in [2.05, 4.69) is 35.9 Å². The van der Waals surface area contributed by atoms with Crippen LogP contribution < -0.4 is 36.3 Å². The van der Waals surface area contributed by atoms with Gasteiger partial charge in [0.15, 0.2) is 0 Å². The summed E-state index contributed by atoms with van der Waals surface area (Å²) in [4.78, 5) is 100. The molecule has 3 fully saturated rings. The van der Waals surface area contributed by atoms with E-state index in [0.717, 1.165) is 43.4 Å². The maximum atomic E-state index is 14.7. The molecule has 5 heterocycles. The molecule has 6 amide bonds. The normalized spacial score (nSPS) is 19.2. The number of sulfonamides is 1. The van der Waals surface area contributed by atoms with Crippen LogP contribution in [0.5, 0.6) is 11.5 Å². The number of alkyl carbamates (subject to hydrolysis) is 1. The van der Waals surface area contributed by atoms with Crippen molar-refractivity contribution in [2.75, 3.05) is 49.5 Å². The Morgan fingerprint density at radius 1 is 0.867 bits per heavy atom. The van der Waals surface area contributed by atoms with Crippen LogP contribution in [-0.2, 0) is 37.9 Å². The molecule has 2 aromatic heterocycles. The average Bonchev–Trinajstić information content (AvgIpc) is 3.94. The smallest absolute Gasteiger partial charge is 0.407 e. The van der Waals surface area contributed by atoms with Crippen molar-refractivity contribution in [3.63, 3.8) is 0 Å². The summed E-state index contributed by atoms with van der Waals surface area (Å²) in [5.74, 6) is -1.38. The van der Waals surface area contributed by atoms with Gasteiger partial charge in [0, 0.05) is 111 Å². The van der Waals surface area contributed by atoms with Crippen molar-refractivity contribution < 1.29 is 46.7 Å². The number of amides is 6. The van der Waals surface area contributed by atoms with Crippen LogP contribution in [0.2, 0.25) is 0 Å². The van der Waals surface area contributed by atoms with Gasteiger partial charge in [-0.1, -0.05) is 24.3 Å². The highest BCUT2D eigenvalue weighted by molar-refractivity contribution is 7.92. The van der Waals surface area contributed by atoms with Crippen LogP contribution in [0.4, 0.5) is 16.2 Å². The molecule has 2 saturated heterocycles. The van der Waals surface area contributed by atoms with Crippen LogP contribution in [0, 0.1) is 0 Å². The fraction of sp³-hybridized carbons (Fsp3) is 0.415. The number of ether oxygens (including phenoxy) is 2. The highest BCUT2D eigenvalue weighted by atomic mass is 32.2. The van der Waals surface area contributed by atoms with Crippen LogP contribution in [-0.4, -0.2) is 138 Å². The largest absolute Gasteiger partial charge is 0.457 e. The molecule has 3 aliphatic heterocycles. The van der Waals surface area contributed by atoms with Gasteiger partial charge in [0.1, 0.15) is 34.4 Å². The number of carbonyl (C=O) groups is 6. The number of aromatic nitrogens is 2. The second kappa shape index (κ2) is 20.9. The molecule has 1 unspecified atom stereocenters. The molecule has 3 aromatic carbocycles. The van der Waals surface area contributed by atoms with Crippen molar-refractivity contribution in [2.24, 2.45) is 7.05 Å². The quantitative estimate of drug-likeness (QED) is 0.0604. The van der Waals surface area contributed by atoms with Crippen molar-refractivity contribution >= 4 is 67.9 Å². The van der Waals surface area contributed by atoms with Gasteiger partial charge in [-0.25, -0.2) is 13.2 Å². The molecule has 0 radical (unpaired) electrons. The average molecular weight is 1050 g/mol. The molecule has 21 nitrogen and oxygen atoms in total. The lowest BCUT2D eigenvalue weighted by molar-refractivity contribution is -0.136. The molecule has 1 saturated carbocycles. The summed E-state index contributed by atoms with van der Waals surface area (Å²) in [5, 5.41) is 11.7. The predicted molar refractivity (Wildman–Crippen MR) is 280 cm³/mol. The van der Waals surface area contributed by atoms with Crippen LogP contribution in [0.3, 0.4) is 0 Å². The monoisotopic (exact) mass is 1050 g/mol. The molecule has 0 spiro atoms. The first-order valence-electron chi connectivity index (χ1n) is 25.0. The minimum absolute atomic E-state index is 0.0136. The Morgan fingerprint density at radius 2 is 1.59 bits per heavy atom. The number of benzene rings is 3. The second-order valence-electron chi connectivity index (χ2n) is 20.7. The van der Waals surface area contributed by atoms with E-state index in [1.807, 2.05) is 18.2 Å². The van der Waals surface area contributed by atoms with Crippen LogP contribution in [0.25, 0.3) is 22.0 Å².